The van der Waals surface area contributed by atoms with E-state index in [1.807, 2.05) is 17.0 Å². The van der Waals surface area contributed by atoms with E-state index >= 15 is 0 Å². The molecule has 0 aliphatic carbocycles. The molecule has 176 valence electrons. The standard InChI is InChI=1S/C25H33ClN6O/c1-18-7-10-30(11-8-18)23-20-17-32(24(33)19-5-3-4-6-21(19)26)12-9-22(20)27-25(28-23)31-15-13-29(2)14-16-31/h3-6,18H,7-17H2,1-2H3. The fourth-order valence-electron chi connectivity index (χ4n) is 4.99. The summed E-state index contributed by atoms with van der Waals surface area (Å²) in [6.07, 6.45) is 3.09. The molecule has 1 aromatic heterocycles. The lowest BCUT2D eigenvalue weighted by molar-refractivity contribution is 0.0733. The first-order valence-corrected chi connectivity index (χ1v) is 12.5. The fraction of sp³-hybridized carbons (Fsp3) is 0.560. The van der Waals surface area contributed by atoms with Crippen LogP contribution < -0.4 is 9.80 Å². The van der Waals surface area contributed by atoms with Gasteiger partial charge in [0.2, 0.25) is 5.95 Å². The molecule has 2 fully saturated rings. The van der Waals surface area contributed by atoms with E-state index in [1.54, 1.807) is 12.1 Å². The molecular formula is C25H33ClN6O. The SMILES string of the molecule is CC1CCN(c2nc(N3CCN(C)CC3)nc3c2CN(C(=O)c2ccccc2Cl)CC3)CC1. The van der Waals surface area contributed by atoms with E-state index in [9.17, 15) is 4.79 Å². The van der Waals surface area contributed by atoms with Gasteiger partial charge in [-0.1, -0.05) is 30.7 Å². The molecule has 0 radical (unpaired) electrons. The number of likely N-dealkylation sites (N-methyl/N-ethyl adjacent to an activating group) is 1. The number of aromatic nitrogens is 2. The summed E-state index contributed by atoms with van der Waals surface area (Å²) in [6, 6.07) is 7.30. The molecule has 0 bridgehead atoms. The van der Waals surface area contributed by atoms with Crippen molar-refractivity contribution in [1.29, 1.82) is 0 Å². The van der Waals surface area contributed by atoms with E-state index in [-0.39, 0.29) is 5.91 Å². The van der Waals surface area contributed by atoms with Crippen LogP contribution in [0, 0.1) is 5.92 Å². The van der Waals surface area contributed by atoms with Gasteiger partial charge in [0.25, 0.3) is 5.91 Å². The number of carbonyl (C=O) groups is 1. The monoisotopic (exact) mass is 468 g/mol. The van der Waals surface area contributed by atoms with Gasteiger partial charge in [-0.15, -0.1) is 0 Å². The topological polar surface area (TPSA) is 55.8 Å². The number of piperazine rings is 1. The molecule has 0 saturated carbocycles. The highest BCUT2D eigenvalue weighted by atomic mass is 35.5. The molecule has 2 saturated heterocycles. The van der Waals surface area contributed by atoms with Crippen molar-refractivity contribution in [3.8, 4) is 0 Å². The molecule has 4 heterocycles. The van der Waals surface area contributed by atoms with Crippen LogP contribution in [-0.2, 0) is 13.0 Å². The van der Waals surface area contributed by atoms with Crippen LogP contribution in [0.1, 0.15) is 41.4 Å². The first kappa shape index (κ1) is 22.4. The van der Waals surface area contributed by atoms with Gasteiger partial charge in [0.15, 0.2) is 0 Å². The van der Waals surface area contributed by atoms with Crippen LogP contribution in [0.25, 0.3) is 0 Å². The van der Waals surface area contributed by atoms with Crippen molar-refractivity contribution in [2.45, 2.75) is 32.7 Å². The van der Waals surface area contributed by atoms with Gasteiger partial charge in [0.1, 0.15) is 5.82 Å². The maximum Gasteiger partial charge on any atom is 0.255 e. The maximum atomic E-state index is 13.3. The predicted octanol–water partition coefficient (Wildman–Crippen LogP) is 3.32. The van der Waals surface area contributed by atoms with Crippen LogP contribution in [0.15, 0.2) is 24.3 Å². The number of hydrogen-bond donors (Lipinski definition) is 0. The van der Waals surface area contributed by atoms with Crippen LogP contribution in [0.5, 0.6) is 0 Å². The molecule has 2 aromatic rings. The van der Waals surface area contributed by atoms with Gasteiger partial charge < -0.3 is 19.6 Å². The fourth-order valence-corrected chi connectivity index (χ4v) is 5.21. The molecular weight excluding hydrogens is 436 g/mol. The van der Waals surface area contributed by atoms with Crippen molar-refractivity contribution in [3.63, 3.8) is 0 Å². The van der Waals surface area contributed by atoms with E-state index in [0.717, 1.165) is 74.6 Å². The summed E-state index contributed by atoms with van der Waals surface area (Å²) in [6.45, 7) is 9.46. The molecule has 3 aliphatic heterocycles. The number of rotatable bonds is 3. The zero-order valence-electron chi connectivity index (χ0n) is 19.6. The Kier molecular flexibility index (Phi) is 6.43. The summed E-state index contributed by atoms with van der Waals surface area (Å²) in [7, 11) is 2.16. The van der Waals surface area contributed by atoms with E-state index < -0.39 is 0 Å². The van der Waals surface area contributed by atoms with Crippen LogP contribution in [-0.4, -0.2) is 78.5 Å². The predicted molar refractivity (Wildman–Crippen MR) is 132 cm³/mol. The Hall–Kier alpha value is -2.38. The molecule has 0 spiro atoms. The van der Waals surface area contributed by atoms with Crippen LogP contribution >= 0.6 is 11.6 Å². The maximum absolute atomic E-state index is 13.3. The summed E-state index contributed by atoms with van der Waals surface area (Å²) >= 11 is 6.33. The minimum absolute atomic E-state index is 0.0207. The van der Waals surface area contributed by atoms with Crippen molar-refractivity contribution in [2.24, 2.45) is 5.92 Å². The third-order valence-electron chi connectivity index (χ3n) is 7.29. The second kappa shape index (κ2) is 9.47. The molecule has 33 heavy (non-hydrogen) atoms. The third-order valence-corrected chi connectivity index (χ3v) is 7.62. The normalized spacial score (nSPS) is 20.2. The summed E-state index contributed by atoms with van der Waals surface area (Å²) in [5.74, 6) is 2.60. The average molecular weight is 469 g/mol. The highest BCUT2D eigenvalue weighted by Gasteiger charge is 2.31. The highest BCUT2D eigenvalue weighted by molar-refractivity contribution is 6.33. The third kappa shape index (κ3) is 4.66. The molecule has 1 aromatic carbocycles. The van der Waals surface area contributed by atoms with Crippen molar-refractivity contribution in [2.75, 3.05) is 62.7 Å². The zero-order chi connectivity index (χ0) is 22.9. The van der Waals surface area contributed by atoms with E-state index in [2.05, 4.69) is 28.7 Å². The second-order valence-electron chi connectivity index (χ2n) is 9.69. The second-order valence-corrected chi connectivity index (χ2v) is 10.1. The van der Waals surface area contributed by atoms with Gasteiger partial charge >= 0.3 is 0 Å². The minimum atomic E-state index is -0.0207. The van der Waals surface area contributed by atoms with E-state index in [0.29, 0.717) is 23.7 Å². The number of nitrogens with zero attached hydrogens (tertiary/aromatic N) is 6. The Bertz CT molecular complexity index is 1010. The summed E-state index contributed by atoms with van der Waals surface area (Å²) < 4.78 is 0. The van der Waals surface area contributed by atoms with Gasteiger partial charge in [-0.05, 0) is 37.9 Å². The number of carbonyl (C=O) groups excluding carboxylic acids is 1. The Balaban J connectivity index is 1.47. The first-order valence-electron chi connectivity index (χ1n) is 12.1. The van der Waals surface area contributed by atoms with Gasteiger partial charge in [0, 0.05) is 57.8 Å². The number of hydrogen-bond acceptors (Lipinski definition) is 6. The number of halogens is 1. The van der Waals surface area contributed by atoms with Crippen LogP contribution in [0.4, 0.5) is 11.8 Å². The largest absolute Gasteiger partial charge is 0.356 e. The summed E-state index contributed by atoms with van der Waals surface area (Å²) in [4.78, 5) is 32.4. The number of piperidine rings is 1. The molecule has 0 atom stereocenters. The zero-order valence-corrected chi connectivity index (χ0v) is 20.4. The molecule has 5 rings (SSSR count). The molecule has 8 heteroatoms. The van der Waals surface area contributed by atoms with Crippen LogP contribution in [0.2, 0.25) is 5.02 Å². The van der Waals surface area contributed by atoms with Gasteiger partial charge in [-0.2, -0.15) is 4.98 Å². The smallest absolute Gasteiger partial charge is 0.255 e. The van der Waals surface area contributed by atoms with Crippen molar-refractivity contribution in [1.82, 2.24) is 19.8 Å². The lowest BCUT2D eigenvalue weighted by atomic mass is 9.98. The molecule has 0 N–H and O–H groups in total. The van der Waals surface area contributed by atoms with Gasteiger partial charge in [0.05, 0.1) is 22.8 Å². The molecule has 7 nitrogen and oxygen atoms in total. The van der Waals surface area contributed by atoms with Gasteiger partial charge in [-0.3, -0.25) is 4.79 Å². The number of anilines is 2. The number of benzene rings is 1. The minimum Gasteiger partial charge on any atom is -0.356 e. The molecule has 1 amide bonds. The van der Waals surface area contributed by atoms with Crippen LogP contribution in [0.3, 0.4) is 0 Å². The molecule has 0 unspecified atom stereocenters. The average Bonchev–Trinajstić information content (AvgIpc) is 2.84. The highest BCUT2D eigenvalue weighted by Crippen LogP contribution is 2.32. The van der Waals surface area contributed by atoms with Crippen molar-refractivity contribution < 1.29 is 4.79 Å². The van der Waals surface area contributed by atoms with Crippen molar-refractivity contribution in [3.05, 3.63) is 46.1 Å². The Morgan fingerprint density at radius 2 is 1.70 bits per heavy atom. The quantitative estimate of drug-likeness (QED) is 0.688. The Labute approximate surface area is 201 Å². The lowest BCUT2D eigenvalue weighted by Gasteiger charge is -2.38. The first-order chi connectivity index (χ1) is 16.0. The van der Waals surface area contributed by atoms with E-state index in [1.165, 1.54) is 12.8 Å². The van der Waals surface area contributed by atoms with E-state index in [4.69, 9.17) is 21.6 Å². The number of fused-ring (bicyclic) bond motifs is 1. The summed E-state index contributed by atoms with van der Waals surface area (Å²) in [5.41, 5.74) is 2.76. The lowest BCUT2D eigenvalue weighted by Crippen LogP contribution is -2.46. The summed E-state index contributed by atoms with van der Waals surface area (Å²) in [5, 5.41) is 0.500. The van der Waals surface area contributed by atoms with Gasteiger partial charge in [-0.25, -0.2) is 4.98 Å². The Morgan fingerprint density at radius 3 is 2.42 bits per heavy atom. The Morgan fingerprint density at radius 1 is 0.970 bits per heavy atom. The van der Waals surface area contributed by atoms with Crippen molar-refractivity contribution >= 4 is 29.3 Å². The number of amides is 1. The molecule has 3 aliphatic rings.